The molecule has 1 amide bonds. The lowest BCUT2D eigenvalue weighted by Gasteiger charge is -2.35. The third-order valence-electron chi connectivity index (χ3n) is 7.77. The molecule has 3 unspecified atom stereocenters. The second-order valence-electron chi connectivity index (χ2n) is 10.1. The van der Waals surface area contributed by atoms with Gasteiger partial charge in [0.1, 0.15) is 12.1 Å². The number of aromatic amines is 2. The van der Waals surface area contributed by atoms with Crippen molar-refractivity contribution in [1.29, 1.82) is 0 Å². The molecule has 5 heterocycles. The van der Waals surface area contributed by atoms with E-state index in [0.29, 0.717) is 30.9 Å². The second kappa shape index (κ2) is 10.1. The monoisotopic (exact) mass is 514 g/mol. The van der Waals surface area contributed by atoms with E-state index in [2.05, 4.69) is 26.3 Å². The Kier molecular flexibility index (Phi) is 6.52. The summed E-state index contributed by atoms with van der Waals surface area (Å²) < 4.78 is 7.23. The number of carbonyl (C=O) groups is 1. The predicted molar refractivity (Wildman–Crippen MR) is 146 cm³/mol. The molecule has 3 N–H and O–H groups in total. The van der Waals surface area contributed by atoms with E-state index in [1.807, 2.05) is 47.3 Å². The lowest BCUT2D eigenvalue weighted by Crippen LogP contribution is -2.54. The molecule has 1 saturated heterocycles. The molecule has 0 radical (unpaired) electrons. The molecule has 2 aliphatic heterocycles. The number of nitrogens with zero attached hydrogens (tertiary/aromatic N) is 4. The fraction of sp³-hybridized carbons (Fsp3) is 0.357. The smallest absolute Gasteiger partial charge is 0.354 e. The van der Waals surface area contributed by atoms with Crippen molar-refractivity contribution in [2.45, 2.75) is 31.3 Å². The SMILES string of the molecule is COCCC[N+]1(C(=O)c2c[nH]c3ccccc23)C=NC(C2CC(n3c(=O)[nH]c4ncccc43)CCN2)=CC1. The molecular weight excluding hydrogens is 482 g/mol. The number of para-hydroxylation sites is 1. The quantitative estimate of drug-likeness (QED) is 0.259. The minimum Gasteiger partial charge on any atom is -0.384 e. The zero-order chi connectivity index (χ0) is 26.1. The van der Waals surface area contributed by atoms with Gasteiger partial charge in [-0.15, -0.1) is 0 Å². The first-order valence-corrected chi connectivity index (χ1v) is 13.1. The van der Waals surface area contributed by atoms with Crippen molar-refractivity contribution in [3.8, 4) is 0 Å². The van der Waals surface area contributed by atoms with Gasteiger partial charge in [-0.1, -0.05) is 18.2 Å². The number of amides is 1. The van der Waals surface area contributed by atoms with Crippen molar-refractivity contribution < 1.29 is 14.0 Å². The number of nitrogens with one attached hydrogen (secondary N) is 3. The number of rotatable bonds is 7. The van der Waals surface area contributed by atoms with Crippen LogP contribution in [0, 0.1) is 0 Å². The van der Waals surface area contributed by atoms with Crippen molar-refractivity contribution >= 4 is 34.3 Å². The Morgan fingerprint density at radius 1 is 1.24 bits per heavy atom. The number of carbonyl (C=O) groups excluding carboxylic acids is 1. The maximum Gasteiger partial charge on any atom is 0.354 e. The molecule has 0 spiro atoms. The fourth-order valence-corrected chi connectivity index (χ4v) is 5.81. The van der Waals surface area contributed by atoms with Crippen LogP contribution in [0.2, 0.25) is 0 Å². The summed E-state index contributed by atoms with van der Waals surface area (Å²) in [5.74, 6) is 0.0185. The second-order valence-corrected chi connectivity index (χ2v) is 10.1. The molecule has 3 atom stereocenters. The van der Waals surface area contributed by atoms with E-state index < -0.39 is 0 Å². The van der Waals surface area contributed by atoms with Crippen molar-refractivity contribution in [2.24, 2.45) is 4.99 Å². The van der Waals surface area contributed by atoms with Crippen LogP contribution in [-0.4, -0.2) is 75.6 Å². The Bertz CT molecular complexity index is 1600. The summed E-state index contributed by atoms with van der Waals surface area (Å²) >= 11 is 0. The van der Waals surface area contributed by atoms with Gasteiger partial charge in [0.25, 0.3) is 0 Å². The summed E-state index contributed by atoms with van der Waals surface area (Å²) in [6, 6.07) is 11.7. The highest BCUT2D eigenvalue weighted by Gasteiger charge is 2.40. The van der Waals surface area contributed by atoms with Gasteiger partial charge in [0.15, 0.2) is 12.0 Å². The van der Waals surface area contributed by atoms with E-state index in [1.54, 1.807) is 19.5 Å². The minimum atomic E-state index is -0.136. The number of benzene rings is 1. The molecule has 0 saturated carbocycles. The average Bonchev–Trinajstić information content (AvgIpc) is 3.53. The zero-order valence-corrected chi connectivity index (χ0v) is 21.4. The van der Waals surface area contributed by atoms with E-state index >= 15 is 0 Å². The number of methoxy groups -OCH3 is 1. The standard InChI is InChI=1S/C28H31N7O3/c1-38-15-5-13-35(27(36)21-17-31-22-7-3-2-6-20(21)22)14-10-23(32-18-35)24-16-19(9-12-29-24)34-25-8-4-11-30-26(25)33-28(34)37/h2-4,6-8,10-11,17-19,24,29H,5,9,12-16H2,1H3,(H-,30,31,33,36,37)/p+1. The summed E-state index contributed by atoms with van der Waals surface area (Å²) in [7, 11) is 1.67. The number of aromatic nitrogens is 4. The number of imidazole rings is 1. The van der Waals surface area contributed by atoms with Gasteiger partial charge in [0.2, 0.25) is 0 Å². The van der Waals surface area contributed by atoms with Crippen LogP contribution in [0.25, 0.3) is 22.1 Å². The van der Waals surface area contributed by atoms with E-state index in [-0.39, 0.29) is 28.2 Å². The highest BCUT2D eigenvalue weighted by Crippen LogP contribution is 2.30. The van der Waals surface area contributed by atoms with E-state index in [4.69, 9.17) is 9.73 Å². The van der Waals surface area contributed by atoms with Crippen LogP contribution < -0.4 is 11.0 Å². The van der Waals surface area contributed by atoms with Gasteiger partial charge in [-0.3, -0.25) is 9.55 Å². The third-order valence-corrected chi connectivity index (χ3v) is 7.77. The maximum absolute atomic E-state index is 14.0. The lowest BCUT2D eigenvalue weighted by molar-refractivity contribution is -0.744. The highest BCUT2D eigenvalue weighted by atomic mass is 16.5. The number of hydrogen-bond donors (Lipinski definition) is 3. The van der Waals surface area contributed by atoms with Crippen LogP contribution in [0.3, 0.4) is 0 Å². The van der Waals surface area contributed by atoms with Crippen molar-refractivity contribution in [1.82, 2.24) is 24.8 Å². The Balaban J connectivity index is 1.25. The summed E-state index contributed by atoms with van der Waals surface area (Å²) in [6.45, 7) is 2.45. The van der Waals surface area contributed by atoms with Gasteiger partial charge in [-0.2, -0.15) is 0 Å². The Morgan fingerprint density at radius 3 is 2.97 bits per heavy atom. The highest BCUT2D eigenvalue weighted by molar-refractivity contribution is 6.05. The van der Waals surface area contributed by atoms with E-state index in [0.717, 1.165) is 47.9 Å². The first-order valence-electron chi connectivity index (χ1n) is 13.1. The Labute approximate surface area is 219 Å². The summed E-state index contributed by atoms with van der Waals surface area (Å²) in [5.41, 5.74) is 3.82. The number of aliphatic imine (C=N–C) groups is 1. The maximum atomic E-state index is 14.0. The molecule has 0 aliphatic carbocycles. The van der Waals surface area contributed by atoms with Crippen LogP contribution in [0.15, 0.2) is 70.4 Å². The molecular formula is C28H32N7O3+. The first-order chi connectivity index (χ1) is 18.6. The molecule has 196 valence electrons. The third kappa shape index (κ3) is 4.30. The van der Waals surface area contributed by atoms with Gasteiger partial charge in [-0.05, 0) is 43.7 Å². The van der Waals surface area contributed by atoms with Gasteiger partial charge < -0.3 is 15.0 Å². The summed E-state index contributed by atoms with van der Waals surface area (Å²) in [6.07, 6.45) is 9.68. The van der Waals surface area contributed by atoms with Gasteiger partial charge in [-0.25, -0.2) is 24.0 Å². The van der Waals surface area contributed by atoms with Crippen molar-refractivity contribution in [2.75, 3.05) is 33.4 Å². The average molecular weight is 515 g/mol. The summed E-state index contributed by atoms with van der Waals surface area (Å²) in [5, 5.41) is 4.49. The van der Waals surface area contributed by atoms with Crippen LogP contribution in [0.4, 0.5) is 0 Å². The molecule has 1 fully saturated rings. The number of piperidine rings is 1. The van der Waals surface area contributed by atoms with Gasteiger partial charge in [0, 0.05) is 42.9 Å². The van der Waals surface area contributed by atoms with Crippen molar-refractivity contribution in [3.05, 3.63) is 76.6 Å². The minimum absolute atomic E-state index is 0.0112. The number of H-pyrrole nitrogens is 2. The van der Waals surface area contributed by atoms with Gasteiger partial charge in [0.05, 0.1) is 30.4 Å². The molecule has 10 heteroatoms. The van der Waals surface area contributed by atoms with Crippen LogP contribution in [0.5, 0.6) is 0 Å². The number of hydrogen-bond acceptors (Lipinski definition) is 6. The topological polar surface area (TPSA) is 117 Å². The lowest BCUT2D eigenvalue weighted by atomic mass is 9.96. The molecule has 3 aromatic heterocycles. The first kappa shape index (κ1) is 24.5. The number of fused-ring (bicyclic) bond motifs is 2. The van der Waals surface area contributed by atoms with E-state index in [9.17, 15) is 9.59 Å². The fourth-order valence-electron chi connectivity index (χ4n) is 5.81. The predicted octanol–water partition coefficient (Wildman–Crippen LogP) is 3.12. The molecule has 0 bridgehead atoms. The van der Waals surface area contributed by atoms with Crippen LogP contribution in [-0.2, 0) is 4.74 Å². The van der Waals surface area contributed by atoms with E-state index in [1.165, 1.54) is 0 Å². The molecule has 10 nitrogen and oxygen atoms in total. The normalized spacial score (nSPS) is 23.7. The van der Waals surface area contributed by atoms with Crippen LogP contribution >= 0.6 is 0 Å². The Morgan fingerprint density at radius 2 is 2.13 bits per heavy atom. The van der Waals surface area contributed by atoms with Gasteiger partial charge >= 0.3 is 11.6 Å². The molecule has 4 aromatic rings. The largest absolute Gasteiger partial charge is 0.384 e. The van der Waals surface area contributed by atoms with Crippen molar-refractivity contribution in [3.63, 3.8) is 0 Å². The molecule has 1 aromatic carbocycles. The summed E-state index contributed by atoms with van der Waals surface area (Å²) in [4.78, 5) is 42.0. The van der Waals surface area contributed by atoms with Crippen LogP contribution in [0.1, 0.15) is 35.7 Å². The Hall–Kier alpha value is -3.86. The number of ether oxygens (including phenoxy) is 1. The molecule has 2 aliphatic rings. The molecule has 38 heavy (non-hydrogen) atoms. The number of quaternary nitrogens is 1. The zero-order valence-electron chi connectivity index (χ0n) is 21.4. The molecule has 6 rings (SSSR count). The number of pyridine rings is 1.